The predicted octanol–water partition coefficient (Wildman–Crippen LogP) is 5.36. The highest BCUT2D eigenvalue weighted by molar-refractivity contribution is 5.87. The summed E-state index contributed by atoms with van der Waals surface area (Å²) in [5.41, 5.74) is -0.0670. The van der Waals surface area contributed by atoms with Crippen LogP contribution in [0.3, 0.4) is 0 Å². The molecule has 0 heterocycles. The smallest absolute Gasteiger partial charge is 0.419 e. The van der Waals surface area contributed by atoms with Crippen molar-refractivity contribution < 1.29 is 28.9 Å². The van der Waals surface area contributed by atoms with E-state index in [1.165, 1.54) is 36.4 Å². The number of nitrogens with zero attached hydrogens (tertiary/aromatic N) is 3. The van der Waals surface area contributed by atoms with Crippen molar-refractivity contribution in [1.29, 1.82) is 0 Å². The average Bonchev–Trinajstić information content (AvgIpc) is 2.81. The van der Waals surface area contributed by atoms with E-state index < -0.39 is 35.2 Å². The maximum absolute atomic E-state index is 12.6. The molecule has 0 unspecified atom stereocenters. The number of nitro groups is 2. The number of unbranched alkanes of at least 4 members (excludes halogenated alkanes) is 3. The van der Waals surface area contributed by atoms with E-state index in [4.69, 9.17) is 9.47 Å². The molecule has 0 saturated heterocycles. The Hall–Kier alpha value is -4.02. The zero-order valence-corrected chi connectivity index (χ0v) is 18.2. The van der Waals surface area contributed by atoms with Gasteiger partial charge in [-0.05, 0) is 18.6 Å². The van der Waals surface area contributed by atoms with Crippen LogP contribution in [0.25, 0.3) is 0 Å². The zero-order valence-electron chi connectivity index (χ0n) is 18.2. The van der Waals surface area contributed by atoms with Gasteiger partial charge in [-0.2, -0.15) is 0 Å². The summed E-state index contributed by atoms with van der Waals surface area (Å²) in [5.74, 6) is 0. The number of hydrogen-bond donors (Lipinski definition) is 0. The molecule has 0 aromatic heterocycles. The van der Waals surface area contributed by atoms with E-state index in [2.05, 4.69) is 0 Å². The lowest BCUT2D eigenvalue weighted by atomic mass is 10.2. The molecule has 0 N–H and O–H groups in total. The quantitative estimate of drug-likeness (QED) is 0.248. The fraction of sp³-hybridized carbons (Fsp3) is 0.364. The van der Waals surface area contributed by atoms with Crippen molar-refractivity contribution in [2.75, 3.05) is 6.54 Å². The number of hydrogen-bond acceptors (Lipinski definition) is 8. The molecule has 0 fully saturated rings. The van der Waals surface area contributed by atoms with E-state index in [-0.39, 0.29) is 29.0 Å². The Bertz CT molecular complexity index is 922. The van der Waals surface area contributed by atoms with Crippen LogP contribution in [0, 0.1) is 20.2 Å². The van der Waals surface area contributed by atoms with Gasteiger partial charge in [0, 0.05) is 18.7 Å². The monoisotopic (exact) mass is 459 g/mol. The molecule has 0 saturated carbocycles. The number of rotatable bonds is 11. The van der Waals surface area contributed by atoms with Gasteiger partial charge in [0.1, 0.15) is 13.2 Å². The fourth-order valence-corrected chi connectivity index (χ4v) is 3.01. The minimum atomic E-state index is -1.02. The Morgan fingerprint density at radius 2 is 1.24 bits per heavy atom. The molecule has 11 nitrogen and oxygen atoms in total. The molecular weight excluding hydrogens is 434 g/mol. The first kappa shape index (κ1) is 25.2. The average molecular weight is 459 g/mol. The number of carbonyl (C=O) groups is 2. The van der Waals surface area contributed by atoms with Crippen molar-refractivity contribution in [3.63, 3.8) is 0 Å². The number of nitro benzene ring substituents is 2. The van der Waals surface area contributed by atoms with Crippen LogP contribution in [0.15, 0.2) is 48.5 Å². The van der Waals surface area contributed by atoms with Crippen molar-refractivity contribution in [3.05, 3.63) is 79.9 Å². The lowest BCUT2D eigenvalue weighted by Crippen LogP contribution is -2.38. The Morgan fingerprint density at radius 3 is 1.67 bits per heavy atom. The van der Waals surface area contributed by atoms with Gasteiger partial charge in [-0.3, -0.25) is 20.2 Å². The maximum atomic E-state index is 12.6. The molecular formula is C22H25N3O8. The number of ether oxygens (including phenoxy) is 2. The van der Waals surface area contributed by atoms with Crippen LogP contribution < -0.4 is 0 Å². The molecule has 0 aliphatic heterocycles. The summed E-state index contributed by atoms with van der Waals surface area (Å²) in [6.45, 7) is 1.23. The van der Waals surface area contributed by atoms with E-state index >= 15 is 0 Å². The first-order chi connectivity index (χ1) is 15.8. The molecule has 0 radical (unpaired) electrons. The van der Waals surface area contributed by atoms with E-state index in [1.807, 2.05) is 6.92 Å². The van der Waals surface area contributed by atoms with E-state index in [0.29, 0.717) is 6.42 Å². The minimum absolute atomic E-state index is 0.0193. The zero-order chi connectivity index (χ0) is 24.2. The molecule has 0 atom stereocenters. The summed E-state index contributed by atoms with van der Waals surface area (Å²) in [6.07, 6.45) is 1.10. The van der Waals surface area contributed by atoms with Crippen molar-refractivity contribution in [3.8, 4) is 0 Å². The van der Waals surface area contributed by atoms with E-state index in [9.17, 15) is 29.8 Å². The van der Waals surface area contributed by atoms with Gasteiger partial charge in [0.15, 0.2) is 0 Å². The van der Waals surface area contributed by atoms with Crippen molar-refractivity contribution >= 4 is 23.6 Å². The second-order valence-electron chi connectivity index (χ2n) is 7.09. The number of amides is 2. The Balaban J connectivity index is 2.08. The largest absolute Gasteiger partial charge is 0.444 e. The molecule has 0 aliphatic rings. The highest BCUT2D eigenvalue weighted by Gasteiger charge is 2.26. The Labute approximate surface area is 190 Å². The molecule has 0 aliphatic carbocycles. The number of carbonyl (C=O) groups excluding carboxylic acids is 2. The van der Waals surface area contributed by atoms with Gasteiger partial charge in [-0.25, -0.2) is 14.5 Å². The standard InChI is InChI=1S/C22H25N3O8/c1-2-3-4-9-14-23(21(26)32-15-17-10-5-7-12-19(17)24(28)29)22(27)33-16-18-11-6-8-13-20(18)25(30)31/h5-8,10-13H,2-4,9,14-16H2,1H3. The predicted molar refractivity (Wildman–Crippen MR) is 117 cm³/mol. The van der Waals surface area contributed by atoms with Crippen molar-refractivity contribution in [2.45, 2.75) is 45.8 Å². The van der Waals surface area contributed by atoms with Crippen LogP contribution in [0.2, 0.25) is 0 Å². The highest BCUT2D eigenvalue weighted by atomic mass is 16.6. The Kier molecular flexibility index (Phi) is 9.75. The van der Waals surface area contributed by atoms with Crippen LogP contribution in [-0.4, -0.2) is 33.5 Å². The van der Waals surface area contributed by atoms with Gasteiger partial charge in [-0.1, -0.05) is 50.5 Å². The second kappa shape index (κ2) is 12.7. The molecule has 33 heavy (non-hydrogen) atoms. The van der Waals surface area contributed by atoms with Gasteiger partial charge in [0.2, 0.25) is 0 Å². The molecule has 2 aromatic carbocycles. The highest BCUT2D eigenvalue weighted by Crippen LogP contribution is 2.20. The van der Waals surface area contributed by atoms with Crippen molar-refractivity contribution in [2.24, 2.45) is 0 Å². The van der Waals surface area contributed by atoms with E-state index in [0.717, 1.165) is 24.2 Å². The SMILES string of the molecule is CCCCCCN(C(=O)OCc1ccccc1[N+](=O)[O-])C(=O)OCc1ccccc1[N+](=O)[O-]. The summed E-state index contributed by atoms with van der Waals surface area (Å²) in [5, 5.41) is 22.3. The molecule has 2 aromatic rings. The van der Waals surface area contributed by atoms with Gasteiger partial charge in [0.05, 0.1) is 21.0 Å². The third kappa shape index (κ3) is 7.56. The minimum Gasteiger partial charge on any atom is -0.444 e. The second-order valence-corrected chi connectivity index (χ2v) is 7.09. The third-order valence-electron chi connectivity index (χ3n) is 4.75. The summed E-state index contributed by atoms with van der Waals surface area (Å²) >= 11 is 0. The number of benzene rings is 2. The van der Waals surface area contributed by atoms with Gasteiger partial charge in [0.25, 0.3) is 11.4 Å². The summed E-state index contributed by atoms with van der Waals surface area (Å²) in [7, 11) is 0. The molecule has 11 heteroatoms. The van der Waals surface area contributed by atoms with Crippen molar-refractivity contribution in [1.82, 2.24) is 4.90 Å². The molecule has 176 valence electrons. The first-order valence-corrected chi connectivity index (χ1v) is 10.4. The van der Waals surface area contributed by atoms with Gasteiger partial charge < -0.3 is 9.47 Å². The molecule has 0 bridgehead atoms. The van der Waals surface area contributed by atoms with Crippen LogP contribution in [0.4, 0.5) is 21.0 Å². The van der Waals surface area contributed by atoms with Crippen LogP contribution in [0.1, 0.15) is 43.7 Å². The molecule has 2 rings (SSSR count). The molecule has 2 amide bonds. The first-order valence-electron chi connectivity index (χ1n) is 10.4. The van der Waals surface area contributed by atoms with Gasteiger partial charge in [-0.15, -0.1) is 0 Å². The van der Waals surface area contributed by atoms with Crippen LogP contribution >= 0.6 is 0 Å². The normalized spacial score (nSPS) is 10.3. The third-order valence-corrected chi connectivity index (χ3v) is 4.75. The van der Waals surface area contributed by atoms with Crippen LogP contribution in [0.5, 0.6) is 0 Å². The summed E-state index contributed by atoms with van der Waals surface area (Å²) in [6, 6.07) is 11.6. The fourth-order valence-electron chi connectivity index (χ4n) is 3.01. The van der Waals surface area contributed by atoms with Gasteiger partial charge >= 0.3 is 12.2 Å². The van der Waals surface area contributed by atoms with Crippen LogP contribution in [-0.2, 0) is 22.7 Å². The maximum Gasteiger partial charge on any atom is 0.419 e. The van der Waals surface area contributed by atoms with E-state index in [1.54, 1.807) is 12.1 Å². The lowest BCUT2D eigenvalue weighted by molar-refractivity contribution is -0.386. The number of para-hydroxylation sites is 2. The summed E-state index contributed by atoms with van der Waals surface area (Å²) < 4.78 is 10.3. The lowest BCUT2D eigenvalue weighted by Gasteiger charge is -2.20. The summed E-state index contributed by atoms with van der Waals surface area (Å²) in [4.78, 5) is 47.1. The topological polar surface area (TPSA) is 142 Å². The molecule has 0 spiro atoms. The number of imide groups is 1. The Morgan fingerprint density at radius 1 is 0.788 bits per heavy atom.